The van der Waals surface area contributed by atoms with Crippen molar-refractivity contribution in [2.45, 2.75) is 13.2 Å². The van der Waals surface area contributed by atoms with Crippen LogP contribution in [0, 0.1) is 0 Å². The molecule has 1 heterocycles. The van der Waals surface area contributed by atoms with Gasteiger partial charge in [-0.1, -0.05) is 30.3 Å². The van der Waals surface area contributed by atoms with E-state index < -0.39 is 5.97 Å². The van der Waals surface area contributed by atoms with Crippen LogP contribution in [0.3, 0.4) is 0 Å². The predicted octanol–water partition coefficient (Wildman–Crippen LogP) is 2.20. The van der Waals surface area contributed by atoms with Crippen LogP contribution in [0.5, 0.6) is 0 Å². The molecule has 5 nitrogen and oxygen atoms in total. The number of rotatable bonds is 6. The second-order valence-corrected chi connectivity index (χ2v) is 3.68. The van der Waals surface area contributed by atoms with E-state index in [9.17, 15) is 4.79 Å². The van der Waals surface area contributed by atoms with Crippen LogP contribution in [0.4, 0.5) is 0 Å². The lowest BCUT2D eigenvalue weighted by Gasteiger charge is -2.05. The quantitative estimate of drug-likeness (QED) is 0.604. The molecular formula is C13H13NO4. The Morgan fingerprint density at radius 3 is 2.78 bits per heavy atom. The molecule has 0 spiro atoms. The van der Waals surface area contributed by atoms with E-state index in [4.69, 9.17) is 14.4 Å². The number of hydrogen-bond acceptors (Lipinski definition) is 4. The van der Waals surface area contributed by atoms with Crippen molar-refractivity contribution in [1.82, 2.24) is 5.48 Å². The van der Waals surface area contributed by atoms with E-state index in [-0.39, 0.29) is 12.3 Å². The maximum atomic E-state index is 10.8. The third-order valence-corrected chi connectivity index (χ3v) is 2.39. The van der Waals surface area contributed by atoms with Gasteiger partial charge in [-0.3, -0.25) is 4.84 Å². The van der Waals surface area contributed by atoms with E-state index in [1.807, 2.05) is 30.3 Å². The molecule has 0 atom stereocenters. The third kappa shape index (κ3) is 3.19. The first-order chi connectivity index (χ1) is 8.77. The maximum Gasteiger partial charge on any atom is 0.372 e. The fourth-order valence-corrected chi connectivity index (χ4v) is 1.50. The molecule has 5 heteroatoms. The molecule has 0 aliphatic carbocycles. The number of furan rings is 1. The molecule has 0 aliphatic heterocycles. The van der Waals surface area contributed by atoms with Crippen LogP contribution in [0.15, 0.2) is 47.1 Å². The molecule has 0 bridgehead atoms. The van der Waals surface area contributed by atoms with Gasteiger partial charge in [-0.2, -0.15) is 5.48 Å². The van der Waals surface area contributed by atoms with Crippen molar-refractivity contribution in [3.8, 4) is 0 Å². The van der Waals surface area contributed by atoms with Gasteiger partial charge in [-0.05, 0) is 11.6 Å². The standard InChI is InChI=1S/C13H13NO4/c15-13(16)12-11(6-7-17-12)8-14-18-9-10-4-2-1-3-5-10/h1-7,14H,8-9H2,(H,15,16). The monoisotopic (exact) mass is 247 g/mol. The first-order valence-corrected chi connectivity index (χ1v) is 5.45. The number of carboxylic acids is 1. The molecule has 0 saturated heterocycles. The number of nitrogens with one attached hydrogen (secondary N) is 1. The molecule has 0 amide bonds. The summed E-state index contributed by atoms with van der Waals surface area (Å²) in [5.41, 5.74) is 4.30. The SMILES string of the molecule is O=C(O)c1occc1CNOCc1ccccc1. The number of carbonyl (C=O) groups is 1. The average molecular weight is 247 g/mol. The Hall–Kier alpha value is -2.11. The second kappa shape index (κ2) is 6.00. The van der Waals surface area contributed by atoms with Gasteiger partial charge in [0.1, 0.15) is 0 Å². The summed E-state index contributed by atoms with van der Waals surface area (Å²) in [4.78, 5) is 16.0. The summed E-state index contributed by atoms with van der Waals surface area (Å²) >= 11 is 0. The summed E-state index contributed by atoms with van der Waals surface area (Å²) in [6.07, 6.45) is 1.34. The number of hydroxylamine groups is 1. The zero-order valence-corrected chi connectivity index (χ0v) is 9.63. The topological polar surface area (TPSA) is 71.7 Å². The van der Waals surface area contributed by atoms with Gasteiger partial charge >= 0.3 is 5.97 Å². The Morgan fingerprint density at radius 2 is 2.06 bits per heavy atom. The molecule has 2 N–H and O–H groups in total. The fourth-order valence-electron chi connectivity index (χ4n) is 1.50. The lowest BCUT2D eigenvalue weighted by Crippen LogP contribution is -2.15. The molecule has 18 heavy (non-hydrogen) atoms. The molecule has 94 valence electrons. The van der Waals surface area contributed by atoms with Crippen molar-refractivity contribution in [1.29, 1.82) is 0 Å². The van der Waals surface area contributed by atoms with Crippen LogP contribution in [0.2, 0.25) is 0 Å². The van der Waals surface area contributed by atoms with Crippen LogP contribution in [-0.4, -0.2) is 11.1 Å². The van der Waals surface area contributed by atoms with E-state index in [1.54, 1.807) is 6.07 Å². The van der Waals surface area contributed by atoms with Gasteiger partial charge in [0.15, 0.2) is 0 Å². The molecule has 2 aromatic rings. The van der Waals surface area contributed by atoms with E-state index in [0.29, 0.717) is 12.2 Å². The van der Waals surface area contributed by atoms with Crippen LogP contribution < -0.4 is 5.48 Å². The van der Waals surface area contributed by atoms with Gasteiger partial charge in [0.2, 0.25) is 5.76 Å². The van der Waals surface area contributed by atoms with Crippen molar-refractivity contribution in [2.24, 2.45) is 0 Å². The molecule has 0 fully saturated rings. The van der Waals surface area contributed by atoms with E-state index in [2.05, 4.69) is 5.48 Å². The highest BCUT2D eigenvalue weighted by atomic mass is 16.6. The van der Waals surface area contributed by atoms with Crippen LogP contribution >= 0.6 is 0 Å². The Bertz CT molecular complexity index is 507. The number of benzene rings is 1. The van der Waals surface area contributed by atoms with Crippen LogP contribution in [-0.2, 0) is 18.0 Å². The highest BCUT2D eigenvalue weighted by Gasteiger charge is 2.13. The molecular weight excluding hydrogens is 234 g/mol. The summed E-state index contributed by atoms with van der Waals surface area (Å²) < 4.78 is 4.85. The van der Waals surface area contributed by atoms with E-state index in [0.717, 1.165) is 5.56 Å². The molecule has 2 rings (SSSR count). The van der Waals surface area contributed by atoms with Crippen molar-refractivity contribution in [2.75, 3.05) is 0 Å². The Morgan fingerprint density at radius 1 is 1.28 bits per heavy atom. The van der Waals surface area contributed by atoms with Gasteiger partial charge in [-0.25, -0.2) is 4.79 Å². The third-order valence-electron chi connectivity index (χ3n) is 2.39. The van der Waals surface area contributed by atoms with Crippen LogP contribution in [0.1, 0.15) is 21.7 Å². The zero-order valence-electron chi connectivity index (χ0n) is 9.63. The lowest BCUT2D eigenvalue weighted by molar-refractivity contribution is 0.0230. The summed E-state index contributed by atoms with van der Waals surface area (Å²) in [7, 11) is 0. The Kier molecular flexibility index (Phi) is 4.11. The van der Waals surface area contributed by atoms with Gasteiger partial charge in [0.25, 0.3) is 0 Å². The zero-order chi connectivity index (χ0) is 12.8. The number of hydrogen-bond donors (Lipinski definition) is 2. The molecule has 0 saturated carbocycles. The Labute approximate surface area is 104 Å². The molecule has 0 unspecified atom stereocenters. The minimum absolute atomic E-state index is 0.0641. The van der Waals surface area contributed by atoms with Crippen molar-refractivity contribution in [3.05, 3.63) is 59.5 Å². The molecule has 0 aliphatic rings. The molecule has 1 aromatic carbocycles. The van der Waals surface area contributed by atoms with Gasteiger partial charge in [-0.15, -0.1) is 0 Å². The van der Waals surface area contributed by atoms with Gasteiger partial charge in [0, 0.05) is 5.56 Å². The first kappa shape index (κ1) is 12.3. The highest BCUT2D eigenvalue weighted by Crippen LogP contribution is 2.10. The predicted molar refractivity (Wildman–Crippen MR) is 63.7 cm³/mol. The summed E-state index contributed by atoms with van der Waals surface area (Å²) in [6.45, 7) is 0.700. The smallest absolute Gasteiger partial charge is 0.372 e. The van der Waals surface area contributed by atoms with E-state index >= 15 is 0 Å². The van der Waals surface area contributed by atoms with Gasteiger partial charge < -0.3 is 9.52 Å². The largest absolute Gasteiger partial charge is 0.475 e. The normalized spacial score (nSPS) is 10.4. The summed E-state index contributed by atoms with van der Waals surface area (Å²) in [6, 6.07) is 11.3. The average Bonchev–Trinajstić information content (AvgIpc) is 2.84. The molecule has 1 aromatic heterocycles. The first-order valence-electron chi connectivity index (χ1n) is 5.45. The summed E-state index contributed by atoms with van der Waals surface area (Å²) in [5.74, 6) is -1.15. The number of aromatic carboxylic acids is 1. The minimum Gasteiger partial charge on any atom is -0.475 e. The maximum absolute atomic E-state index is 10.8. The molecule has 0 radical (unpaired) electrons. The van der Waals surface area contributed by atoms with Crippen molar-refractivity contribution < 1.29 is 19.2 Å². The van der Waals surface area contributed by atoms with E-state index in [1.165, 1.54) is 6.26 Å². The minimum atomic E-state index is -1.08. The fraction of sp³-hybridized carbons (Fsp3) is 0.154. The lowest BCUT2D eigenvalue weighted by atomic mass is 10.2. The Balaban J connectivity index is 1.79. The summed E-state index contributed by atoms with van der Waals surface area (Å²) in [5, 5.41) is 8.83. The van der Waals surface area contributed by atoms with Crippen molar-refractivity contribution in [3.63, 3.8) is 0 Å². The number of carboxylic acid groups (broad SMARTS) is 1. The van der Waals surface area contributed by atoms with Crippen molar-refractivity contribution >= 4 is 5.97 Å². The van der Waals surface area contributed by atoms with Crippen LogP contribution in [0.25, 0.3) is 0 Å². The van der Waals surface area contributed by atoms with Gasteiger partial charge in [0.05, 0.1) is 19.4 Å². The second-order valence-electron chi connectivity index (χ2n) is 3.68. The highest BCUT2D eigenvalue weighted by molar-refractivity contribution is 5.86.